The molecule has 0 unspecified atom stereocenters. The Morgan fingerprint density at radius 2 is 2.14 bits per heavy atom. The summed E-state index contributed by atoms with van der Waals surface area (Å²) < 4.78 is 5.07. The van der Waals surface area contributed by atoms with Gasteiger partial charge in [-0.3, -0.25) is 0 Å². The van der Waals surface area contributed by atoms with Crippen molar-refractivity contribution in [2.45, 2.75) is 19.3 Å². The molecule has 2 rings (SSSR count). The highest BCUT2D eigenvalue weighted by Gasteiger charge is 2.42. The topological polar surface area (TPSA) is 87.7 Å². The predicted octanol–water partition coefficient (Wildman–Crippen LogP) is 2.32. The molecule has 0 saturated heterocycles. The predicted molar refractivity (Wildman–Crippen MR) is 78.6 cm³/mol. The van der Waals surface area contributed by atoms with E-state index in [1.807, 2.05) is 0 Å². The van der Waals surface area contributed by atoms with Gasteiger partial charge in [-0.25, -0.2) is 9.59 Å². The summed E-state index contributed by atoms with van der Waals surface area (Å²) in [6.07, 6.45) is 3.15. The van der Waals surface area contributed by atoms with Gasteiger partial charge in [0.05, 0.1) is 5.56 Å². The molecule has 0 heterocycles. The minimum atomic E-state index is -1.02. The maximum atomic E-state index is 11.8. The van der Waals surface area contributed by atoms with Crippen molar-refractivity contribution in [1.82, 2.24) is 5.32 Å². The van der Waals surface area contributed by atoms with Crippen molar-refractivity contribution in [3.05, 3.63) is 29.8 Å². The van der Waals surface area contributed by atoms with Crippen LogP contribution in [0, 0.1) is 5.41 Å². The number of rotatable bonds is 7. The van der Waals surface area contributed by atoms with Crippen LogP contribution in [0.1, 0.15) is 29.6 Å². The number of amides is 2. The van der Waals surface area contributed by atoms with Gasteiger partial charge in [0.25, 0.3) is 0 Å². The first-order valence-corrected chi connectivity index (χ1v) is 6.92. The van der Waals surface area contributed by atoms with Crippen LogP contribution in [0.2, 0.25) is 0 Å². The first-order valence-electron chi connectivity index (χ1n) is 6.92. The number of aromatic carboxylic acids is 1. The van der Waals surface area contributed by atoms with Gasteiger partial charge in [-0.1, -0.05) is 6.07 Å². The van der Waals surface area contributed by atoms with E-state index in [1.165, 1.54) is 12.1 Å². The quantitative estimate of drug-likeness (QED) is 0.719. The number of anilines is 1. The zero-order valence-corrected chi connectivity index (χ0v) is 12.0. The SMILES string of the molecule is COCCC1(CNC(=O)Nc2cccc(C(=O)O)c2)CC1. The Balaban J connectivity index is 1.82. The van der Waals surface area contributed by atoms with Crippen LogP contribution >= 0.6 is 0 Å². The zero-order chi connectivity index (χ0) is 15.3. The van der Waals surface area contributed by atoms with Gasteiger partial charge in [0.2, 0.25) is 0 Å². The molecule has 0 aliphatic heterocycles. The number of hydrogen-bond acceptors (Lipinski definition) is 3. The van der Waals surface area contributed by atoms with Crippen LogP contribution in [-0.4, -0.2) is 37.4 Å². The number of benzene rings is 1. The van der Waals surface area contributed by atoms with E-state index in [-0.39, 0.29) is 17.0 Å². The number of ether oxygens (including phenoxy) is 1. The lowest BCUT2D eigenvalue weighted by Gasteiger charge is -2.16. The number of carbonyl (C=O) groups excluding carboxylic acids is 1. The average Bonchev–Trinajstić information content (AvgIpc) is 3.24. The maximum Gasteiger partial charge on any atom is 0.335 e. The Hall–Kier alpha value is -2.08. The molecule has 1 aliphatic rings. The van der Waals surface area contributed by atoms with E-state index < -0.39 is 5.97 Å². The van der Waals surface area contributed by atoms with Crippen LogP contribution in [-0.2, 0) is 4.74 Å². The number of methoxy groups -OCH3 is 1. The molecule has 6 nitrogen and oxygen atoms in total. The number of hydrogen-bond donors (Lipinski definition) is 3. The molecule has 3 N–H and O–H groups in total. The molecule has 1 aromatic carbocycles. The summed E-state index contributed by atoms with van der Waals surface area (Å²) in [5.41, 5.74) is 0.789. The Morgan fingerprint density at radius 3 is 2.76 bits per heavy atom. The zero-order valence-electron chi connectivity index (χ0n) is 12.0. The molecular weight excluding hydrogens is 272 g/mol. The van der Waals surface area contributed by atoms with E-state index in [4.69, 9.17) is 9.84 Å². The first kappa shape index (κ1) is 15.3. The summed E-state index contributed by atoms with van der Waals surface area (Å²) in [6.45, 7) is 1.31. The summed E-state index contributed by atoms with van der Waals surface area (Å²) >= 11 is 0. The molecule has 1 aliphatic carbocycles. The van der Waals surface area contributed by atoms with E-state index in [9.17, 15) is 9.59 Å². The molecule has 21 heavy (non-hydrogen) atoms. The van der Waals surface area contributed by atoms with Crippen molar-refractivity contribution in [3.8, 4) is 0 Å². The summed E-state index contributed by atoms with van der Waals surface area (Å²) in [4.78, 5) is 22.7. The van der Waals surface area contributed by atoms with Crippen molar-refractivity contribution in [3.63, 3.8) is 0 Å². The van der Waals surface area contributed by atoms with Gasteiger partial charge in [0.1, 0.15) is 0 Å². The van der Waals surface area contributed by atoms with Gasteiger partial charge in [-0.15, -0.1) is 0 Å². The Kier molecular flexibility index (Phi) is 4.80. The Labute approximate surface area is 123 Å². The third-order valence-electron chi connectivity index (χ3n) is 3.78. The molecule has 114 valence electrons. The molecule has 1 fully saturated rings. The summed E-state index contributed by atoms with van der Waals surface area (Å²) in [5.74, 6) is -1.02. The first-order chi connectivity index (χ1) is 10.0. The molecule has 2 amide bonds. The van der Waals surface area contributed by atoms with Crippen LogP contribution in [0.15, 0.2) is 24.3 Å². The smallest absolute Gasteiger partial charge is 0.335 e. The van der Waals surface area contributed by atoms with Crippen molar-refractivity contribution in [2.24, 2.45) is 5.41 Å². The number of urea groups is 1. The third kappa shape index (κ3) is 4.46. The van der Waals surface area contributed by atoms with Crippen LogP contribution in [0.25, 0.3) is 0 Å². The van der Waals surface area contributed by atoms with Crippen LogP contribution < -0.4 is 10.6 Å². The second-order valence-electron chi connectivity index (χ2n) is 5.44. The van der Waals surface area contributed by atoms with Crippen LogP contribution in [0.3, 0.4) is 0 Å². The van der Waals surface area contributed by atoms with Gasteiger partial charge in [0, 0.05) is 25.9 Å². The van der Waals surface area contributed by atoms with E-state index in [2.05, 4.69) is 10.6 Å². The third-order valence-corrected chi connectivity index (χ3v) is 3.78. The van der Waals surface area contributed by atoms with E-state index in [1.54, 1.807) is 19.2 Å². The Morgan fingerprint density at radius 1 is 1.38 bits per heavy atom. The monoisotopic (exact) mass is 292 g/mol. The standard InChI is InChI=1S/C15H20N2O4/c1-21-8-7-15(5-6-15)10-16-14(20)17-12-4-2-3-11(9-12)13(18)19/h2-4,9H,5-8,10H2,1H3,(H,18,19)(H2,16,17,20). The van der Waals surface area contributed by atoms with E-state index in [0.29, 0.717) is 18.8 Å². The van der Waals surface area contributed by atoms with Crippen molar-refractivity contribution >= 4 is 17.7 Å². The molecule has 0 radical (unpaired) electrons. The lowest BCUT2D eigenvalue weighted by atomic mass is 10.0. The number of carbonyl (C=O) groups is 2. The van der Waals surface area contributed by atoms with Gasteiger partial charge in [-0.05, 0) is 42.9 Å². The normalized spacial score (nSPS) is 15.3. The fourth-order valence-electron chi connectivity index (χ4n) is 2.18. The summed E-state index contributed by atoms with van der Waals surface area (Å²) in [6, 6.07) is 5.85. The lowest BCUT2D eigenvalue weighted by molar-refractivity contribution is 0.0697. The minimum Gasteiger partial charge on any atom is -0.478 e. The molecule has 0 aromatic heterocycles. The number of carboxylic acid groups (broad SMARTS) is 1. The fraction of sp³-hybridized carbons (Fsp3) is 0.467. The molecular formula is C15H20N2O4. The van der Waals surface area contributed by atoms with E-state index in [0.717, 1.165) is 19.3 Å². The van der Waals surface area contributed by atoms with Gasteiger partial charge in [0.15, 0.2) is 0 Å². The van der Waals surface area contributed by atoms with E-state index >= 15 is 0 Å². The van der Waals surface area contributed by atoms with Gasteiger partial charge >= 0.3 is 12.0 Å². The molecule has 1 saturated carbocycles. The number of carboxylic acids is 1. The average molecular weight is 292 g/mol. The van der Waals surface area contributed by atoms with Crippen molar-refractivity contribution in [2.75, 3.05) is 25.6 Å². The van der Waals surface area contributed by atoms with Crippen molar-refractivity contribution in [1.29, 1.82) is 0 Å². The second kappa shape index (κ2) is 6.58. The van der Waals surface area contributed by atoms with Crippen LogP contribution in [0.5, 0.6) is 0 Å². The Bertz CT molecular complexity index is 526. The highest BCUT2D eigenvalue weighted by atomic mass is 16.5. The molecule has 0 atom stereocenters. The molecule has 1 aromatic rings. The molecule has 0 bridgehead atoms. The fourth-order valence-corrected chi connectivity index (χ4v) is 2.18. The highest BCUT2D eigenvalue weighted by molar-refractivity contribution is 5.93. The lowest BCUT2D eigenvalue weighted by Crippen LogP contribution is -2.34. The summed E-state index contributed by atoms with van der Waals surface area (Å²) in [7, 11) is 1.67. The van der Waals surface area contributed by atoms with Gasteiger partial charge < -0.3 is 20.5 Å². The van der Waals surface area contributed by atoms with Crippen molar-refractivity contribution < 1.29 is 19.4 Å². The number of nitrogens with one attached hydrogen (secondary N) is 2. The summed E-state index contributed by atoms with van der Waals surface area (Å²) in [5, 5.41) is 14.4. The maximum absolute atomic E-state index is 11.8. The highest BCUT2D eigenvalue weighted by Crippen LogP contribution is 2.48. The largest absolute Gasteiger partial charge is 0.478 e. The minimum absolute atomic E-state index is 0.145. The molecule has 0 spiro atoms. The van der Waals surface area contributed by atoms with Crippen LogP contribution in [0.4, 0.5) is 10.5 Å². The molecule has 6 heteroatoms. The van der Waals surface area contributed by atoms with Gasteiger partial charge in [-0.2, -0.15) is 0 Å². The second-order valence-corrected chi connectivity index (χ2v) is 5.44.